The van der Waals surface area contributed by atoms with Crippen LogP contribution in [0.1, 0.15) is 39.5 Å². The van der Waals surface area contributed by atoms with Crippen LogP contribution in [-0.4, -0.2) is 44.2 Å². The maximum absolute atomic E-state index is 6.24. The number of morpholine rings is 1. The van der Waals surface area contributed by atoms with E-state index in [9.17, 15) is 0 Å². The highest BCUT2D eigenvalue weighted by Gasteiger charge is 2.46. The fourth-order valence-electron chi connectivity index (χ4n) is 3.27. The van der Waals surface area contributed by atoms with E-state index in [1.807, 2.05) is 0 Å². The first kappa shape index (κ1) is 12.9. The van der Waals surface area contributed by atoms with Crippen molar-refractivity contribution in [1.29, 1.82) is 0 Å². The van der Waals surface area contributed by atoms with Crippen LogP contribution in [0, 0.1) is 5.41 Å². The van der Waals surface area contributed by atoms with Crippen LogP contribution in [0.2, 0.25) is 0 Å². The summed E-state index contributed by atoms with van der Waals surface area (Å²) >= 11 is 0. The number of ether oxygens (including phenoxy) is 2. The van der Waals surface area contributed by atoms with E-state index in [-0.39, 0.29) is 11.3 Å². The van der Waals surface area contributed by atoms with Gasteiger partial charge in [-0.1, -0.05) is 13.8 Å². The zero-order valence-corrected chi connectivity index (χ0v) is 11.7. The zero-order valence-electron chi connectivity index (χ0n) is 11.7. The first-order chi connectivity index (χ1) is 8.54. The van der Waals surface area contributed by atoms with Crippen LogP contribution in [0.25, 0.3) is 0 Å². The predicted molar refractivity (Wildman–Crippen MR) is 70.5 cm³/mol. The maximum Gasteiger partial charge on any atom is 0.119 e. The average Bonchev–Trinajstić information content (AvgIpc) is 2.38. The van der Waals surface area contributed by atoms with Gasteiger partial charge in [0.15, 0.2) is 0 Å². The molecule has 0 radical (unpaired) electrons. The summed E-state index contributed by atoms with van der Waals surface area (Å²) in [4.78, 5) is 0. The van der Waals surface area contributed by atoms with E-state index in [2.05, 4.69) is 24.5 Å². The molecule has 3 aliphatic rings. The lowest BCUT2D eigenvalue weighted by Crippen LogP contribution is -2.71. The molecule has 2 aliphatic heterocycles. The Morgan fingerprint density at radius 2 is 1.72 bits per heavy atom. The highest BCUT2D eigenvalue weighted by atomic mass is 16.5. The van der Waals surface area contributed by atoms with Gasteiger partial charge in [0, 0.05) is 13.1 Å². The minimum absolute atomic E-state index is 0.0104. The van der Waals surface area contributed by atoms with Gasteiger partial charge in [0.05, 0.1) is 25.4 Å². The van der Waals surface area contributed by atoms with Gasteiger partial charge in [-0.05, 0) is 31.1 Å². The van der Waals surface area contributed by atoms with Crippen LogP contribution >= 0.6 is 0 Å². The second-order valence-electron chi connectivity index (χ2n) is 7.06. The Morgan fingerprint density at radius 1 is 0.944 bits per heavy atom. The van der Waals surface area contributed by atoms with Crippen LogP contribution < -0.4 is 10.6 Å². The van der Waals surface area contributed by atoms with E-state index in [0.717, 1.165) is 45.8 Å². The van der Waals surface area contributed by atoms with E-state index in [1.54, 1.807) is 0 Å². The Hall–Kier alpha value is -0.160. The van der Waals surface area contributed by atoms with Gasteiger partial charge in [0.25, 0.3) is 0 Å². The number of hydrogen-bond acceptors (Lipinski definition) is 4. The van der Waals surface area contributed by atoms with Gasteiger partial charge >= 0.3 is 0 Å². The van der Waals surface area contributed by atoms with Crippen LogP contribution in [0.3, 0.4) is 0 Å². The summed E-state index contributed by atoms with van der Waals surface area (Å²) < 4.78 is 11.8. The van der Waals surface area contributed by atoms with Crippen molar-refractivity contribution in [2.24, 2.45) is 5.41 Å². The smallest absolute Gasteiger partial charge is 0.119 e. The van der Waals surface area contributed by atoms with Gasteiger partial charge < -0.3 is 14.8 Å². The lowest BCUT2D eigenvalue weighted by Gasteiger charge is -2.52. The third-order valence-electron chi connectivity index (χ3n) is 4.91. The summed E-state index contributed by atoms with van der Waals surface area (Å²) in [6.07, 6.45) is 4.77. The molecular weight excluding hydrogens is 228 g/mol. The molecule has 0 aromatic carbocycles. The molecule has 18 heavy (non-hydrogen) atoms. The molecule has 3 rings (SSSR count). The minimum Gasteiger partial charge on any atom is -0.378 e. The monoisotopic (exact) mass is 254 g/mol. The maximum atomic E-state index is 6.24. The van der Waals surface area contributed by atoms with Gasteiger partial charge in [-0.3, -0.25) is 5.32 Å². The lowest BCUT2D eigenvalue weighted by atomic mass is 9.73. The second-order valence-corrected chi connectivity index (χ2v) is 7.06. The van der Waals surface area contributed by atoms with Gasteiger partial charge in [-0.25, -0.2) is 0 Å². The quantitative estimate of drug-likeness (QED) is 0.683. The van der Waals surface area contributed by atoms with Gasteiger partial charge in [-0.2, -0.15) is 0 Å². The van der Waals surface area contributed by atoms with E-state index < -0.39 is 0 Å². The largest absolute Gasteiger partial charge is 0.378 e. The molecular formula is C14H26N2O2. The molecule has 1 saturated carbocycles. The summed E-state index contributed by atoms with van der Waals surface area (Å²) in [6, 6.07) is 0. The van der Waals surface area contributed by atoms with Crippen molar-refractivity contribution < 1.29 is 9.47 Å². The van der Waals surface area contributed by atoms with Crippen molar-refractivity contribution in [3.63, 3.8) is 0 Å². The molecule has 1 aliphatic carbocycles. The molecule has 2 heterocycles. The fraction of sp³-hybridized carbons (Fsp3) is 1.00. The van der Waals surface area contributed by atoms with Gasteiger partial charge in [0.2, 0.25) is 0 Å². The van der Waals surface area contributed by atoms with E-state index in [0.29, 0.717) is 5.41 Å². The second kappa shape index (κ2) is 4.44. The van der Waals surface area contributed by atoms with Crippen LogP contribution in [0.15, 0.2) is 0 Å². The van der Waals surface area contributed by atoms with E-state index in [1.165, 1.54) is 12.8 Å². The number of nitrogens with one attached hydrogen (secondary N) is 2. The molecule has 0 bridgehead atoms. The Morgan fingerprint density at radius 3 is 2.28 bits per heavy atom. The van der Waals surface area contributed by atoms with E-state index >= 15 is 0 Å². The van der Waals surface area contributed by atoms with Gasteiger partial charge in [0.1, 0.15) is 5.72 Å². The minimum atomic E-state index is -0.0557. The zero-order chi connectivity index (χ0) is 12.7. The summed E-state index contributed by atoms with van der Waals surface area (Å²) in [6.45, 7) is 8.99. The Kier molecular flexibility index (Phi) is 3.17. The fourth-order valence-corrected chi connectivity index (χ4v) is 3.27. The molecule has 2 spiro atoms. The Bertz CT molecular complexity index is 289. The third-order valence-corrected chi connectivity index (χ3v) is 4.91. The van der Waals surface area contributed by atoms with Crippen molar-refractivity contribution in [3.8, 4) is 0 Å². The molecule has 0 aromatic rings. The molecule has 4 heteroatoms. The van der Waals surface area contributed by atoms with Crippen LogP contribution in [-0.2, 0) is 9.47 Å². The topological polar surface area (TPSA) is 42.5 Å². The third kappa shape index (κ3) is 2.44. The molecule has 0 amide bonds. The molecule has 2 N–H and O–H groups in total. The molecule has 2 saturated heterocycles. The molecule has 1 atom stereocenters. The summed E-state index contributed by atoms with van der Waals surface area (Å²) in [5, 5.41) is 7.23. The molecule has 4 nitrogen and oxygen atoms in total. The van der Waals surface area contributed by atoms with E-state index in [4.69, 9.17) is 9.47 Å². The standard InChI is InChI=1S/C14H26N2O2/c1-12(2)3-5-14(6-4-12)16-9-13(11-18-14)10-17-8-7-15-13/h15-16H,3-11H2,1-2H3. The number of hydrogen-bond donors (Lipinski definition) is 2. The van der Waals surface area contributed by atoms with Crippen molar-refractivity contribution in [1.82, 2.24) is 10.6 Å². The molecule has 3 fully saturated rings. The first-order valence-corrected chi connectivity index (χ1v) is 7.25. The summed E-state index contributed by atoms with van der Waals surface area (Å²) in [5.41, 5.74) is 0.438. The summed E-state index contributed by atoms with van der Waals surface area (Å²) in [7, 11) is 0. The van der Waals surface area contributed by atoms with Crippen molar-refractivity contribution >= 4 is 0 Å². The lowest BCUT2D eigenvalue weighted by molar-refractivity contribution is -0.173. The van der Waals surface area contributed by atoms with Crippen molar-refractivity contribution in [2.75, 3.05) is 32.9 Å². The van der Waals surface area contributed by atoms with Crippen molar-refractivity contribution in [3.05, 3.63) is 0 Å². The average molecular weight is 254 g/mol. The van der Waals surface area contributed by atoms with Crippen LogP contribution in [0.5, 0.6) is 0 Å². The molecule has 1 unspecified atom stereocenters. The molecule has 104 valence electrons. The predicted octanol–water partition coefficient (Wildman–Crippen LogP) is 1.26. The highest BCUT2D eigenvalue weighted by Crippen LogP contribution is 2.42. The Balaban J connectivity index is 1.59. The number of rotatable bonds is 0. The van der Waals surface area contributed by atoms with Crippen LogP contribution in [0.4, 0.5) is 0 Å². The summed E-state index contributed by atoms with van der Waals surface area (Å²) in [5.74, 6) is 0. The Labute approximate surface area is 110 Å². The SMILES string of the molecule is CC1(C)CCC2(CC1)NCC1(COCCN1)CO2. The van der Waals surface area contributed by atoms with Crippen molar-refractivity contribution in [2.45, 2.75) is 50.8 Å². The molecule has 0 aromatic heterocycles. The highest BCUT2D eigenvalue weighted by molar-refractivity contribution is 5.01. The first-order valence-electron chi connectivity index (χ1n) is 7.25. The normalized spacial score (nSPS) is 39.0. The van der Waals surface area contributed by atoms with Gasteiger partial charge in [-0.15, -0.1) is 0 Å².